The van der Waals surface area contributed by atoms with Crippen LogP contribution in [0.15, 0.2) is 42.7 Å². The van der Waals surface area contributed by atoms with Crippen LogP contribution in [-0.2, 0) is 4.79 Å². The molecule has 8 heteroatoms. The van der Waals surface area contributed by atoms with Gasteiger partial charge in [-0.2, -0.15) is 10.2 Å². The minimum atomic E-state index is -0.712. The number of hydrogen-bond donors (Lipinski definition) is 2. The van der Waals surface area contributed by atoms with Crippen molar-refractivity contribution in [2.24, 2.45) is 0 Å². The van der Waals surface area contributed by atoms with E-state index in [4.69, 9.17) is 0 Å². The molecule has 0 aliphatic rings. The predicted octanol–water partition coefficient (Wildman–Crippen LogP) is 2.75. The Kier molecular flexibility index (Phi) is 3.88. The number of H-pyrrole nitrogens is 1. The van der Waals surface area contributed by atoms with E-state index in [1.54, 1.807) is 25.4 Å². The summed E-state index contributed by atoms with van der Waals surface area (Å²) in [5.41, 5.74) is -0.0803. The normalized spacial score (nSPS) is 12.1. The maximum atomic E-state index is 13.7. The van der Waals surface area contributed by atoms with Crippen molar-refractivity contribution in [3.05, 3.63) is 54.4 Å². The maximum Gasteiger partial charge on any atom is 0.250 e. The highest BCUT2D eigenvalue weighted by atomic mass is 19.1. The van der Waals surface area contributed by atoms with Crippen molar-refractivity contribution in [2.75, 3.05) is 5.32 Å². The molecule has 0 spiro atoms. The van der Waals surface area contributed by atoms with Gasteiger partial charge in [0.15, 0.2) is 5.82 Å². The number of hydrogen-bond acceptors (Lipinski definition) is 3. The third-order valence-electron chi connectivity index (χ3n) is 3.36. The Morgan fingerprint density at radius 1 is 1.30 bits per heavy atom. The maximum absolute atomic E-state index is 13.7. The number of halogens is 2. The van der Waals surface area contributed by atoms with Gasteiger partial charge in [-0.15, -0.1) is 0 Å². The van der Waals surface area contributed by atoms with Gasteiger partial charge in [0.25, 0.3) is 0 Å². The highest BCUT2D eigenvalue weighted by molar-refractivity contribution is 5.93. The molecule has 1 aromatic carbocycles. The molecule has 1 unspecified atom stereocenters. The smallest absolute Gasteiger partial charge is 0.250 e. The van der Waals surface area contributed by atoms with Gasteiger partial charge in [0, 0.05) is 18.5 Å². The Hall–Kier alpha value is -3.03. The van der Waals surface area contributed by atoms with Crippen LogP contribution in [-0.4, -0.2) is 25.9 Å². The van der Waals surface area contributed by atoms with Crippen LogP contribution >= 0.6 is 0 Å². The first-order chi connectivity index (χ1) is 11.1. The first-order valence-corrected chi connectivity index (χ1v) is 6.86. The van der Waals surface area contributed by atoms with E-state index in [-0.39, 0.29) is 23.0 Å². The molecule has 3 aromatic rings. The fourth-order valence-corrected chi connectivity index (χ4v) is 2.13. The number of nitrogens with zero attached hydrogens (tertiary/aromatic N) is 3. The molecule has 0 radical (unpaired) electrons. The molecule has 23 heavy (non-hydrogen) atoms. The van der Waals surface area contributed by atoms with Crippen LogP contribution < -0.4 is 5.32 Å². The molecule has 0 aliphatic heterocycles. The van der Waals surface area contributed by atoms with E-state index >= 15 is 0 Å². The molecule has 2 N–H and O–H groups in total. The Labute approximate surface area is 130 Å². The Morgan fingerprint density at radius 2 is 2.04 bits per heavy atom. The van der Waals surface area contributed by atoms with Crippen molar-refractivity contribution in [3.8, 4) is 11.3 Å². The molecule has 0 saturated carbocycles. The number of benzene rings is 1. The summed E-state index contributed by atoms with van der Waals surface area (Å²) in [6.07, 6.45) is 3.23. The van der Waals surface area contributed by atoms with Gasteiger partial charge >= 0.3 is 0 Å². The largest absolute Gasteiger partial charge is 0.307 e. The Balaban J connectivity index is 1.79. The van der Waals surface area contributed by atoms with E-state index in [1.807, 2.05) is 0 Å². The van der Waals surface area contributed by atoms with Crippen molar-refractivity contribution >= 4 is 11.7 Å². The lowest BCUT2D eigenvalue weighted by molar-refractivity contribution is -0.119. The molecular weight excluding hydrogens is 304 g/mol. The molecule has 2 aromatic heterocycles. The lowest BCUT2D eigenvalue weighted by Gasteiger charge is -2.10. The monoisotopic (exact) mass is 317 g/mol. The number of amides is 1. The van der Waals surface area contributed by atoms with Gasteiger partial charge in [-0.05, 0) is 25.1 Å². The number of nitrogens with one attached hydrogen (secondary N) is 2. The molecule has 1 atom stereocenters. The van der Waals surface area contributed by atoms with E-state index < -0.39 is 17.7 Å². The molecule has 118 valence electrons. The van der Waals surface area contributed by atoms with Gasteiger partial charge in [-0.25, -0.2) is 8.78 Å². The van der Waals surface area contributed by atoms with Crippen LogP contribution in [0.4, 0.5) is 14.6 Å². The van der Waals surface area contributed by atoms with Crippen LogP contribution in [0, 0.1) is 11.6 Å². The first-order valence-electron chi connectivity index (χ1n) is 6.86. The summed E-state index contributed by atoms with van der Waals surface area (Å²) in [7, 11) is 0. The van der Waals surface area contributed by atoms with Gasteiger partial charge < -0.3 is 5.32 Å². The zero-order chi connectivity index (χ0) is 16.4. The van der Waals surface area contributed by atoms with E-state index in [0.29, 0.717) is 0 Å². The lowest BCUT2D eigenvalue weighted by Crippen LogP contribution is -2.24. The minimum Gasteiger partial charge on any atom is -0.307 e. The van der Waals surface area contributed by atoms with Crippen molar-refractivity contribution < 1.29 is 13.6 Å². The third kappa shape index (κ3) is 2.96. The third-order valence-corrected chi connectivity index (χ3v) is 3.36. The predicted molar refractivity (Wildman–Crippen MR) is 79.5 cm³/mol. The van der Waals surface area contributed by atoms with E-state index in [9.17, 15) is 13.6 Å². The van der Waals surface area contributed by atoms with Gasteiger partial charge in [0.1, 0.15) is 17.7 Å². The molecule has 2 heterocycles. The highest BCUT2D eigenvalue weighted by Crippen LogP contribution is 2.26. The molecule has 0 fully saturated rings. The second-order valence-corrected chi connectivity index (χ2v) is 4.91. The average molecular weight is 317 g/mol. The number of anilines is 1. The SMILES string of the molecule is CC(C(=O)Nc1cc(-c2c(F)cccc2F)[nH]n1)n1cccn1. The summed E-state index contributed by atoms with van der Waals surface area (Å²) in [4.78, 5) is 12.1. The van der Waals surface area contributed by atoms with Crippen LogP contribution in [0.2, 0.25) is 0 Å². The minimum absolute atomic E-state index is 0.141. The number of carbonyl (C=O) groups is 1. The van der Waals surface area contributed by atoms with Crippen LogP contribution in [0.3, 0.4) is 0 Å². The summed E-state index contributed by atoms with van der Waals surface area (Å²) in [5, 5.41) is 12.9. The topological polar surface area (TPSA) is 75.6 Å². The molecule has 6 nitrogen and oxygen atoms in total. The number of aromatic amines is 1. The molecule has 3 rings (SSSR count). The van der Waals surface area contributed by atoms with Gasteiger partial charge in [-0.3, -0.25) is 14.6 Å². The van der Waals surface area contributed by atoms with E-state index in [0.717, 1.165) is 12.1 Å². The zero-order valence-corrected chi connectivity index (χ0v) is 12.1. The highest BCUT2D eigenvalue weighted by Gasteiger charge is 2.18. The molecule has 0 saturated heterocycles. The second kappa shape index (κ2) is 5.99. The summed E-state index contributed by atoms with van der Waals surface area (Å²) < 4.78 is 29.0. The standard InChI is InChI=1S/C15H13F2N5O/c1-9(22-7-3-6-18-22)15(23)19-13-8-12(20-21-13)14-10(16)4-2-5-11(14)17/h2-9H,1H3,(H2,19,20,21,23). The first kappa shape index (κ1) is 14.9. The van der Waals surface area contributed by atoms with Gasteiger partial charge in [0.05, 0.1) is 11.3 Å². The van der Waals surface area contributed by atoms with Crippen molar-refractivity contribution in [1.29, 1.82) is 0 Å². The van der Waals surface area contributed by atoms with Crippen molar-refractivity contribution in [2.45, 2.75) is 13.0 Å². The molecule has 1 amide bonds. The molecule has 0 aliphatic carbocycles. The second-order valence-electron chi connectivity index (χ2n) is 4.91. The number of rotatable bonds is 4. The van der Waals surface area contributed by atoms with Crippen LogP contribution in [0.5, 0.6) is 0 Å². The van der Waals surface area contributed by atoms with Crippen molar-refractivity contribution in [1.82, 2.24) is 20.0 Å². The fraction of sp³-hybridized carbons (Fsp3) is 0.133. The molecule has 0 bridgehead atoms. The average Bonchev–Trinajstić information content (AvgIpc) is 3.18. The van der Waals surface area contributed by atoms with Gasteiger partial charge in [0.2, 0.25) is 5.91 Å². The molecular formula is C15H13F2N5O. The number of carbonyl (C=O) groups excluding carboxylic acids is 1. The quantitative estimate of drug-likeness (QED) is 0.777. The van der Waals surface area contributed by atoms with Gasteiger partial charge in [-0.1, -0.05) is 6.07 Å². The lowest BCUT2D eigenvalue weighted by atomic mass is 10.1. The number of aromatic nitrogens is 4. The Bertz CT molecular complexity index is 808. The summed E-state index contributed by atoms with van der Waals surface area (Å²) >= 11 is 0. The fourth-order valence-electron chi connectivity index (χ4n) is 2.13. The van der Waals surface area contributed by atoms with Crippen LogP contribution in [0.25, 0.3) is 11.3 Å². The van der Waals surface area contributed by atoms with Crippen molar-refractivity contribution in [3.63, 3.8) is 0 Å². The Morgan fingerprint density at radius 3 is 2.70 bits per heavy atom. The summed E-state index contributed by atoms with van der Waals surface area (Å²) in [6, 6.07) is 6.11. The van der Waals surface area contributed by atoms with E-state index in [1.165, 1.54) is 16.8 Å². The summed E-state index contributed by atoms with van der Waals surface area (Å²) in [6.45, 7) is 1.67. The summed E-state index contributed by atoms with van der Waals surface area (Å²) in [5.74, 6) is -1.60. The van der Waals surface area contributed by atoms with Crippen LogP contribution in [0.1, 0.15) is 13.0 Å². The van der Waals surface area contributed by atoms with E-state index in [2.05, 4.69) is 20.6 Å². The zero-order valence-electron chi connectivity index (χ0n) is 12.1.